The molecule has 28 heavy (non-hydrogen) atoms. The van der Waals surface area contributed by atoms with Gasteiger partial charge in [-0.3, -0.25) is 4.79 Å². The number of ether oxygens (including phenoxy) is 2. The third kappa shape index (κ3) is 3.02. The zero-order valence-electron chi connectivity index (χ0n) is 15.8. The largest absolute Gasteiger partial charge is 0.442 e. The van der Waals surface area contributed by atoms with Crippen LogP contribution in [0.4, 0.5) is 11.1 Å². The summed E-state index contributed by atoms with van der Waals surface area (Å²) in [5.74, 6) is 1.34. The van der Waals surface area contributed by atoms with Gasteiger partial charge in [-0.15, -0.1) is 0 Å². The topological polar surface area (TPSA) is 89.5 Å². The lowest BCUT2D eigenvalue weighted by Gasteiger charge is -2.67. The summed E-state index contributed by atoms with van der Waals surface area (Å²) in [4.78, 5) is 27.8. The van der Waals surface area contributed by atoms with Gasteiger partial charge in [-0.25, -0.2) is 15.0 Å². The van der Waals surface area contributed by atoms with Crippen LogP contribution in [0.25, 0.3) is 0 Å². The Morgan fingerprint density at radius 1 is 1.11 bits per heavy atom. The van der Waals surface area contributed by atoms with E-state index in [1.54, 1.807) is 25.7 Å². The number of methoxy groups -OCH3 is 1. The number of piperidine rings is 1. The zero-order valence-corrected chi connectivity index (χ0v) is 16.6. The summed E-state index contributed by atoms with van der Waals surface area (Å²) >= 11 is 1.30. The summed E-state index contributed by atoms with van der Waals surface area (Å²) < 4.78 is 11.2. The highest BCUT2D eigenvalue weighted by Crippen LogP contribution is 2.69. The quantitative estimate of drug-likeness (QED) is 0.795. The predicted molar refractivity (Wildman–Crippen MR) is 105 cm³/mol. The Bertz CT molecular complexity index is 858. The molecular formula is C19H23N5O3S. The Morgan fingerprint density at radius 2 is 1.82 bits per heavy atom. The molecule has 0 spiro atoms. The van der Waals surface area contributed by atoms with E-state index in [0.29, 0.717) is 15.9 Å². The Morgan fingerprint density at radius 3 is 2.50 bits per heavy atom. The molecule has 2 aromatic heterocycles. The van der Waals surface area contributed by atoms with Crippen LogP contribution in [0.2, 0.25) is 0 Å². The molecule has 0 aromatic carbocycles. The maximum Gasteiger partial charge on any atom is 0.232 e. The zero-order chi connectivity index (χ0) is 19.2. The molecule has 6 rings (SSSR count). The molecule has 4 fully saturated rings. The molecule has 1 amide bonds. The van der Waals surface area contributed by atoms with Crippen LogP contribution < -0.4 is 15.0 Å². The first kappa shape index (κ1) is 17.8. The number of hydrogen-bond donors (Lipinski definition) is 1. The first-order valence-electron chi connectivity index (χ1n) is 9.67. The van der Waals surface area contributed by atoms with Gasteiger partial charge in [0.2, 0.25) is 16.9 Å². The number of thiazole rings is 1. The summed E-state index contributed by atoms with van der Waals surface area (Å²) in [6, 6.07) is 0. The minimum atomic E-state index is -0.263. The number of nitrogens with zero attached hydrogens (tertiary/aromatic N) is 4. The lowest BCUT2D eigenvalue weighted by Crippen LogP contribution is -2.72. The third-order valence-corrected chi connectivity index (χ3v) is 6.86. The SMILES string of the molecule is COC12CC(C(=O)Nc3ncc(Oc4cnc(N5CCCCC5)nc4)s3)(C1)C2. The number of aromatic nitrogens is 3. The van der Waals surface area contributed by atoms with Gasteiger partial charge in [0, 0.05) is 20.2 Å². The van der Waals surface area contributed by atoms with Crippen molar-refractivity contribution in [2.24, 2.45) is 5.41 Å². The number of rotatable bonds is 6. The highest BCUT2D eigenvalue weighted by molar-refractivity contribution is 7.17. The predicted octanol–water partition coefficient (Wildman–Crippen LogP) is 3.22. The molecule has 9 heteroatoms. The van der Waals surface area contributed by atoms with Crippen molar-refractivity contribution in [1.82, 2.24) is 15.0 Å². The second-order valence-corrected chi connectivity index (χ2v) is 9.00. The number of carbonyl (C=O) groups is 1. The van der Waals surface area contributed by atoms with Gasteiger partial charge in [-0.2, -0.15) is 0 Å². The van der Waals surface area contributed by atoms with Crippen molar-refractivity contribution in [1.29, 1.82) is 0 Å². The van der Waals surface area contributed by atoms with Gasteiger partial charge in [-0.1, -0.05) is 11.3 Å². The van der Waals surface area contributed by atoms with Crippen molar-refractivity contribution in [3.05, 3.63) is 18.6 Å². The monoisotopic (exact) mass is 401 g/mol. The Hall–Kier alpha value is -2.26. The lowest BCUT2D eigenvalue weighted by atomic mass is 9.41. The molecule has 2 bridgehead atoms. The normalized spacial score (nSPS) is 28.2. The first-order valence-corrected chi connectivity index (χ1v) is 10.5. The van der Waals surface area contributed by atoms with Gasteiger partial charge < -0.3 is 19.7 Å². The molecule has 3 heterocycles. The van der Waals surface area contributed by atoms with E-state index in [-0.39, 0.29) is 16.9 Å². The Kier molecular flexibility index (Phi) is 4.24. The molecule has 2 aromatic rings. The third-order valence-electron chi connectivity index (χ3n) is 6.07. The molecule has 0 radical (unpaired) electrons. The van der Waals surface area contributed by atoms with E-state index in [0.717, 1.165) is 38.3 Å². The molecule has 1 aliphatic heterocycles. The smallest absolute Gasteiger partial charge is 0.232 e. The van der Waals surface area contributed by atoms with Gasteiger partial charge >= 0.3 is 0 Å². The summed E-state index contributed by atoms with van der Waals surface area (Å²) in [5.41, 5.74) is -0.310. The summed E-state index contributed by atoms with van der Waals surface area (Å²) in [6.45, 7) is 2.01. The Balaban J connectivity index is 1.17. The second kappa shape index (κ2) is 6.66. The van der Waals surface area contributed by atoms with Crippen molar-refractivity contribution in [2.75, 3.05) is 30.4 Å². The van der Waals surface area contributed by atoms with E-state index >= 15 is 0 Å². The fourth-order valence-electron chi connectivity index (χ4n) is 4.48. The van der Waals surface area contributed by atoms with Gasteiger partial charge in [0.1, 0.15) is 0 Å². The van der Waals surface area contributed by atoms with Crippen LogP contribution in [0.15, 0.2) is 18.6 Å². The van der Waals surface area contributed by atoms with Crippen molar-refractivity contribution < 1.29 is 14.3 Å². The van der Waals surface area contributed by atoms with Gasteiger partial charge in [0.15, 0.2) is 10.9 Å². The molecule has 0 atom stereocenters. The number of nitrogens with one attached hydrogen (secondary N) is 1. The maximum atomic E-state index is 12.5. The van der Waals surface area contributed by atoms with Crippen molar-refractivity contribution in [3.63, 3.8) is 0 Å². The van der Waals surface area contributed by atoms with Crippen LogP contribution in [-0.2, 0) is 9.53 Å². The first-order chi connectivity index (χ1) is 13.6. The average Bonchev–Trinajstić information content (AvgIpc) is 3.08. The molecular weight excluding hydrogens is 378 g/mol. The molecule has 3 aliphatic carbocycles. The minimum Gasteiger partial charge on any atom is -0.442 e. The van der Waals surface area contributed by atoms with Crippen LogP contribution in [0.3, 0.4) is 0 Å². The van der Waals surface area contributed by atoms with E-state index in [4.69, 9.17) is 9.47 Å². The van der Waals surface area contributed by atoms with Gasteiger partial charge in [-0.05, 0) is 38.5 Å². The fourth-order valence-corrected chi connectivity index (χ4v) is 5.16. The standard InChI is InChI=1S/C19H23N5O3S/c1-26-19-10-18(11-19,12-19)15(25)23-17-22-9-14(28-17)27-13-7-20-16(21-8-13)24-5-3-2-4-6-24/h7-9H,2-6,10-12H2,1H3,(H,22,23,25). The summed E-state index contributed by atoms with van der Waals surface area (Å²) in [5, 5.41) is 4.05. The molecule has 4 aliphatic rings. The second-order valence-electron chi connectivity index (χ2n) is 8.00. The highest BCUT2D eigenvalue weighted by atomic mass is 32.1. The summed E-state index contributed by atoms with van der Waals surface area (Å²) in [7, 11) is 1.72. The minimum absolute atomic E-state index is 0.0292. The van der Waals surface area contributed by atoms with E-state index in [1.165, 1.54) is 30.6 Å². The molecule has 3 saturated carbocycles. The van der Waals surface area contributed by atoms with Crippen LogP contribution in [0, 0.1) is 5.41 Å². The summed E-state index contributed by atoms with van der Waals surface area (Å²) in [6.07, 6.45) is 11.0. The maximum absolute atomic E-state index is 12.5. The van der Waals surface area contributed by atoms with E-state index in [2.05, 4.69) is 25.2 Å². The van der Waals surface area contributed by atoms with Gasteiger partial charge in [0.25, 0.3) is 0 Å². The molecule has 148 valence electrons. The fraction of sp³-hybridized carbons (Fsp3) is 0.579. The Labute approximate surface area is 167 Å². The van der Waals surface area contributed by atoms with E-state index < -0.39 is 0 Å². The van der Waals surface area contributed by atoms with Crippen LogP contribution >= 0.6 is 11.3 Å². The highest BCUT2D eigenvalue weighted by Gasteiger charge is 2.72. The number of anilines is 2. The molecule has 8 nitrogen and oxygen atoms in total. The van der Waals surface area contributed by atoms with Gasteiger partial charge in [0.05, 0.1) is 29.6 Å². The van der Waals surface area contributed by atoms with Crippen molar-refractivity contribution >= 4 is 28.3 Å². The van der Waals surface area contributed by atoms with E-state index in [1.807, 2.05) is 0 Å². The van der Waals surface area contributed by atoms with Crippen molar-refractivity contribution in [3.8, 4) is 10.8 Å². The van der Waals surface area contributed by atoms with Crippen molar-refractivity contribution in [2.45, 2.75) is 44.1 Å². The number of amides is 1. The van der Waals surface area contributed by atoms with Crippen LogP contribution in [0.5, 0.6) is 10.8 Å². The van der Waals surface area contributed by atoms with E-state index in [9.17, 15) is 4.79 Å². The average molecular weight is 401 g/mol. The van der Waals surface area contributed by atoms with Crippen LogP contribution in [-0.4, -0.2) is 46.7 Å². The lowest BCUT2D eigenvalue weighted by molar-refractivity contribution is -0.260. The molecule has 0 unspecified atom stereocenters. The molecule has 1 N–H and O–H groups in total. The number of carbonyl (C=O) groups excluding carboxylic acids is 1. The van der Waals surface area contributed by atoms with Crippen LogP contribution in [0.1, 0.15) is 38.5 Å². The molecule has 1 saturated heterocycles. The number of hydrogen-bond acceptors (Lipinski definition) is 8.